The largest absolute Gasteiger partial charge is 0.378 e. The second-order valence-corrected chi connectivity index (χ2v) is 9.71. The molecule has 4 rings (SSSR count). The number of ether oxygens (including phenoxy) is 1. The van der Waals surface area contributed by atoms with Crippen molar-refractivity contribution < 1.29 is 22.7 Å². The highest BCUT2D eigenvalue weighted by Crippen LogP contribution is 2.23. The van der Waals surface area contributed by atoms with Crippen molar-refractivity contribution in [3.8, 4) is 0 Å². The van der Waals surface area contributed by atoms with Gasteiger partial charge in [0.2, 0.25) is 0 Å². The normalized spacial score (nSPS) is 13.9. The molecule has 1 N–H and O–H groups in total. The third kappa shape index (κ3) is 4.95. The summed E-state index contributed by atoms with van der Waals surface area (Å²) in [6.45, 7) is 1.98. The Labute approximate surface area is 198 Å². The molecule has 9 heteroatoms. The minimum Gasteiger partial charge on any atom is -0.378 e. The lowest BCUT2D eigenvalue weighted by Gasteiger charge is -2.27. The van der Waals surface area contributed by atoms with E-state index >= 15 is 0 Å². The SMILES string of the molecule is CN(c1ccc(C(=O)Nc2ccccc2C(=O)N2CCOCC2)cc1)S(=O)(=O)c1ccccc1. The first-order valence-electron chi connectivity index (χ1n) is 10.8. The summed E-state index contributed by atoms with van der Waals surface area (Å²) in [4.78, 5) is 27.7. The van der Waals surface area contributed by atoms with Gasteiger partial charge in [0.15, 0.2) is 0 Å². The standard InChI is InChI=1S/C25H25N3O5S/c1-27(34(31,32)21-7-3-2-4-8-21)20-13-11-19(12-14-20)24(29)26-23-10-6-5-9-22(23)25(30)28-15-17-33-18-16-28/h2-14H,15-18H2,1H3,(H,26,29). The van der Waals surface area contributed by atoms with Crippen LogP contribution in [0.5, 0.6) is 0 Å². The van der Waals surface area contributed by atoms with Crippen LogP contribution in [-0.4, -0.2) is 58.5 Å². The third-order valence-corrected chi connectivity index (χ3v) is 7.40. The van der Waals surface area contributed by atoms with E-state index in [0.717, 1.165) is 0 Å². The van der Waals surface area contributed by atoms with E-state index in [-0.39, 0.29) is 10.8 Å². The highest BCUT2D eigenvalue weighted by Gasteiger charge is 2.23. The van der Waals surface area contributed by atoms with E-state index in [1.165, 1.54) is 23.5 Å². The highest BCUT2D eigenvalue weighted by atomic mass is 32.2. The Kier molecular flexibility index (Phi) is 6.95. The second-order valence-electron chi connectivity index (χ2n) is 7.74. The molecule has 0 atom stereocenters. The Balaban J connectivity index is 1.49. The Bertz CT molecular complexity index is 1270. The fraction of sp³-hybridized carbons (Fsp3) is 0.200. The summed E-state index contributed by atoms with van der Waals surface area (Å²) < 4.78 is 32.1. The molecule has 1 aliphatic heterocycles. The number of nitrogens with zero attached hydrogens (tertiary/aromatic N) is 2. The van der Waals surface area contributed by atoms with E-state index in [0.29, 0.717) is 48.8 Å². The maximum absolute atomic E-state index is 12.9. The van der Waals surface area contributed by atoms with Crippen molar-refractivity contribution in [2.45, 2.75) is 4.90 Å². The summed E-state index contributed by atoms with van der Waals surface area (Å²) in [5.41, 5.74) is 1.58. The molecule has 0 unspecified atom stereocenters. The van der Waals surface area contributed by atoms with Gasteiger partial charge in [-0.25, -0.2) is 8.42 Å². The topological polar surface area (TPSA) is 96.0 Å². The predicted octanol–water partition coefficient (Wildman–Crippen LogP) is 3.24. The molecule has 0 saturated carbocycles. The quantitative estimate of drug-likeness (QED) is 0.586. The van der Waals surface area contributed by atoms with E-state index in [1.807, 2.05) is 0 Å². The first-order chi connectivity index (χ1) is 16.4. The molecule has 3 aromatic carbocycles. The summed E-state index contributed by atoms with van der Waals surface area (Å²) in [7, 11) is -2.25. The average Bonchev–Trinajstić information content (AvgIpc) is 2.89. The molecule has 0 radical (unpaired) electrons. The van der Waals surface area contributed by atoms with Crippen molar-refractivity contribution in [2.75, 3.05) is 43.0 Å². The van der Waals surface area contributed by atoms with E-state index in [9.17, 15) is 18.0 Å². The number of anilines is 2. The Hall–Kier alpha value is -3.69. The number of hydrogen-bond donors (Lipinski definition) is 1. The van der Waals surface area contributed by atoms with Gasteiger partial charge >= 0.3 is 0 Å². The monoisotopic (exact) mass is 479 g/mol. The van der Waals surface area contributed by atoms with Crippen molar-refractivity contribution in [1.29, 1.82) is 0 Å². The van der Waals surface area contributed by atoms with E-state index < -0.39 is 15.9 Å². The maximum Gasteiger partial charge on any atom is 0.264 e. The molecule has 2 amide bonds. The summed E-state index contributed by atoms with van der Waals surface area (Å²) in [6, 6.07) is 21.2. The van der Waals surface area contributed by atoms with Gasteiger partial charge in [-0.1, -0.05) is 30.3 Å². The van der Waals surface area contributed by atoms with Gasteiger partial charge in [0.05, 0.1) is 35.0 Å². The number of carbonyl (C=O) groups excluding carboxylic acids is 2. The highest BCUT2D eigenvalue weighted by molar-refractivity contribution is 7.92. The number of hydrogen-bond acceptors (Lipinski definition) is 5. The zero-order chi connectivity index (χ0) is 24.1. The molecular formula is C25H25N3O5S. The smallest absolute Gasteiger partial charge is 0.264 e. The van der Waals surface area contributed by atoms with Crippen LogP contribution in [-0.2, 0) is 14.8 Å². The lowest BCUT2D eigenvalue weighted by Crippen LogP contribution is -2.41. The molecule has 0 spiro atoms. The number of para-hydroxylation sites is 1. The molecule has 3 aromatic rings. The van der Waals surface area contributed by atoms with Gasteiger partial charge in [-0.15, -0.1) is 0 Å². The Morgan fingerprint density at radius 3 is 2.18 bits per heavy atom. The fourth-order valence-electron chi connectivity index (χ4n) is 3.62. The van der Waals surface area contributed by atoms with Crippen LogP contribution in [0.4, 0.5) is 11.4 Å². The van der Waals surface area contributed by atoms with Crippen LogP contribution < -0.4 is 9.62 Å². The van der Waals surface area contributed by atoms with Crippen LogP contribution in [0.2, 0.25) is 0 Å². The van der Waals surface area contributed by atoms with Crippen LogP contribution >= 0.6 is 0 Å². The summed E-state index contributed by atoms with van der Waals surface area (Å²) in [6.07, 6.45) is 0. The minimum absolute atomic E-state index is 0.165. The van der Waals surface area contributed by atoms with Gasteiger partial charge in [-0.3, -0.25) is 13.9 Å². The average molecular weight is 480 g/mol. The molecule has 1 saturated heterocycles. The molecular weight excluding hydrogens is 454 g/mol. The van der Waals surface area contributed by atoms with Gasteiger partial charge in [-0.05, 0) is 48.5 Å². The van der Waals surface area contributed by atoms with Gasteiger partial charge in [0.25, 0.3) is 21.8 Å². The van der Waals surface area contributed by atoms with Crippen molar-refractivity contribution in [3.05, 3.63) is 90.0 Å². The van der Waals surface area contributed by atoms with E-state index in [4.69, 9.17) is 4.74 Å². The molecule has 1 heterocycles. The number of benzene rings is 3. The zero-order valence-corrected chi connectivity index (χ0v) is 19.5. The molecule has 8 nitrogen and oxygen atoms in total. The number of nitrogens with one attached hydrogen (secondary N) is 1. The van der Waals surface area contributed by atoms with Crippen molar-refractivity contribution in [2.24, 2.45) is 0 Å². The summed E-state index contributed by atoms with van der Waals surface area (Å²) in [5, 5.41) is 2.80. The van der Waals surface area contributed by atoms with E-state index in [2.05, 4.69) is 5.32 Å². The fourth-order valence-corrected chi connectivity index (χ4v) is 4.84. The maximum atomic E-state index is 12.9. The number of morpholine rings is 1. The van der Waals surface area contributed by atoms with Crippen molar-refractivity contribution in [3.63, 3.8) is 0 Å². The first kappa shape index (κ1) is 23.5. The molecule has 34 heavy (non-hydrogen) atoms. The first-order valence-corrected chi connectivity index (χ1v) is 12.2. The molecule has 1 aliphatic rings. The van der Waals surface area contributed by atoms with Gasteiger partial charge in [0, 0.05) is 25.7 Å². The molecule has 0 aromatic heterocycles. The van der Waals surface area contributed by atoms with Crippen molar-refractivity contribution in [1.82, 2.24) is 4.90 Å². The van der Waals surface area contributed by atoms with Gasteiger partial charge in [-0.2, -0.15) is 0 Å². The number of sulfonamides is 1. The summed E-state index contributed by atoms with van der Waals surface area (Å²) >= 11 is 0. The van der Waals surface area contributed by atoms with Crippen molar-refractivity contribution >= 4 is 33.2 Å². The number of rotatable bonds is 6. The van der Waals surface area contributed by atoms with Crippen LogP contribution in [0.1, 0.15) is 20.7 Å². The number of carbonyl (C=O) groups is 2. The molecule has 176 valence electrons. The number of amides is 2. The van der Waals surface area contributed by atoms with Crippen LogP contribution in [0.3, 0.4) is 0 Å². The van der Waals surface area contributed by atoms with E-state index in [1.54, 1.807) is 71.6 Å². The second kappa shape index (κ2) is 10.1. The predicted molar refractivity (Wildman–Crippen MR) is 130 cm³/mol. The van der Waals surface area contributed by atoms with Gasteiger partial charge < -0.3 is 15.0 Å². The minimum atomic E-state index is -3.72. The Morgan fingerprint density at radius 1 is 0.882 bits per heavy atom. The zero-order valence-electron chi connectivity index (χ0n) is 18.7. The van der Waals surface area contributed by atoms with Crippen LogP contribution in [0.15, 0.2) is 83.8 Å². The van der Waals surface area contributed by atoms with Crippen LogP contribution in [0.25, 0.3) is 0 Å². The molecule has 0 aliphatic carbocycles. The third-order valence-electron chi connectivity index (χ3n) is 5.60. The molecule has 0 bridgehead atoms. The lowest BCUT2D eigenvalue weighted by atomic mass is 10.1. The Morgan fingerprint density at radius 2 is 1.50 bits per heavy atom. The summed E-state index contributed by atoms with van der Waals surface area (Å²) in [5.74, 6) is -0.565. The molecule has 1 fully saturated rings. The lowest BCUT2D eigenvalue weighted by molar-refractivity contribution is 0.0303. The van der Waals surface area contributed by atoms with Gasteiger partial charge in [0.1, 0.15) is 0 Å². The van der Waals surface area contributed by atoms with Crippen LogP contribution in [0, 0.1) is 0 Å².